The van der Waals surface area contributed by atoms with Crippen LogP contribution in [0.4, 0.5) is 0 Å². The number of aliphatic hydroxyl groups excluding tert-OH is 3. The van der Waals surface area contributed by atoms with Gasteiger partial charge in [0.1, 0.15) is 12.2 Å². The van der Waals surface area contributed by atoms with Crippen molar-refractivity contribution in [1.82, 2.24) is 9.55 Å². The van der Waals surface area contributed by atoms with Crippen molar-refractivity contribution in [3.05, 3.63) is 32.6 Å². The van der Waals surface area contributed by atoms with Gasteiger partial charge in [0.25, 0.3) is 5.56 Å². The lowest BCUT2D eigenvalue weighted by Crippen LogP contribution is -2.39. The third-order valence-corrected chi connectivity index (χ3v) is 6.61. The molecule has 12 heteroatoms. The molecule has 1 saturated heterocycles. The summed E-state index contributed by atoms with van der Waals surface area (Å²) in [7, 11) is -4.33. The second kappa shape index (κ2) is 8.19. The highest BCUT2D eigenvalue weighted by Gasteiger charge is 2.48. The smallest absolute Gasteiger partial charge is 0.356 e. The first-order chi connectivity index (χ1) is 12.8. The Morgan fingerprint density at radius 2 is 2.00 bits per heavy atom. The SMILES string of the molecule is CCC(C)(C[C@H]1O[C@@H](n2cc(C)c(=O)[nH]c2=O)[C@H](O)[C@@H]1O)OP(=O)(O)[C@H](C)O. The second-order valence-electron chi connectivity index (χ2n) is 7.32. The van der Waals surface area contributed by atoms with Gasteiger partial charge >= 0.3 is 13.3 Å². The number of aliphatic hydroxyl groups is 3. The number of H-pyrrole nitrogens is 1. The van der Waals surface area contributed by atoms with Crippen LogP contribution in [0.5, 0.6) is 0 Å². The van der Waals surface area contributed by atoms with Gasteiger partial charge in [-0.2, -0.15) is 0 Å². The van der Waals surface area contributed by atoms with Gasteiger partial charge in [0.15, 0.2) is 12.1 Å². The van der Waals surface area contributed by atoms with Crippen molar-refractivity contribution < 1.29 is 34.0 Å². The predicted octanol–water partition coefficient (Wildman–Crippen LogP) is -0.437. The maximum absolute atomic E-state index is 12.1. The van der Waals surface area contributed by atoms with Crippen LogP contribution in [0.1, 0.15) is 45.4 Å². The lowest BCUT2D eigenvalue weighted by atomic mass is 9.93. The maximum Gasteiger partial charge on any atom is 0.356 e. The minimum atomic E-state index is -4.33. The third-order valence-electron chi connectivity index (χ3n) is 4.96. The topological polar surface area (TPSA) is 171 Å². The Morgan fingerprint density at radius 1 is 1.39 bits per heavy atom. The van der Waals surface area contributed by atoms with Crippen LogP contribution in [-0.4, -0.2) is 59.5 Å². The predicted molar refractivity (Wildman–Crippen MR) is 97.9 cm³/mol. The third kappa shape index (κ3) is 4.62. The fraction of sp³-hybridized carbons (Fsp3) is 0.750. The molecular weight excluding hydrogens is 395 g/mol. The van der Waals surface area contributed by atoms with Crippen molar-refractivity contribution in [3.63, 3.8) is 0 Å². The van der Waals surface area contributed by atoms with Crippen molar-refractivity contribution in [3.8, 4) is 0 Å². The van der Waals surface area contributed by atoms with Crippen molar-refractivity contribution in [2.75, 3.05) is 0 Å². The molecule has 2 rings (SSSR count). The molecule has 5 N–H and O–H groups in total. The van der Waals surface area contributed by atoms with Gasteiger partial charge in [-0.3, -0.25) is 18.9 Å². The number of nitrogens with zero attached hydrogens (tertiary/aromatic N) is 1. The molecule has 2 unspecified atom stereocenters. The molecule has 1 aliphatic rings. The van der Waals surface area contributed by atoms with Crippen LogP contribution in [0.2, 0.25) is 0 Å². The lowest BCUT2D eigenvalue weighted by molar-refractivity contribution is -0.0693. The fourth-order valence-electron chi connectivity index (χ4n) is 2.97. The molecule has 0 aromatic carbocycles. The zero-order chi connectivity index (χ0) is 21.4. The average Bonchev–Trinajstić information content (AvgIpc) is 2.85. The standard InChI is InChI=1S/C16H27N2O9P/c1-5-16(4,27-28(24,25)9(3)19)6-10-11(20)12(21)14(26-10)18-7-8(2)13(22)17-15(18)23/h7,9-12,14,19-21H,5-6H2,1-4H3,(H,24,25)(H,17,22,23)/t9-,10-,11-,12-,14-,16?/m1/s1. The van der Waals surface area contributed by atoms with Crippen molar-refractivity contribution in [2.45, 2.75) is 76.5 Å². The molecule has 0 amide bonds. The van der Waals surface area contributed by atoms with E-state index in [0.29, 0.717) is 0 Å². The first-order valence-corrected chi connectivity index (χ1v) is 10.5. The van der Waals surface area contributed by atoms with Gasteiger partial charge in [0.2, 0.25) is 0 Å². The number of ether oxygens (including phenoxy) is 1. The van der Waals surface area contributed by atoms with Gasteiger partial charge in [-0.15, -0.1) is 0 Å². The van der Waals surface area contributed by atoms with Gasteiger partial charge in [0, 0.05) is 18.2 Å². The number of aromatic amines is 1. The van der Waals surface area contributed by atoms with E-state index >= 15 is 0 Å². The van der Waals surface area contributed by atoms with E-state index in [0.717, 1.165) is 11.5 Å². The first-order valence-electron chi connectivity index (χ1n) is 8.86. The highest BCUT2D eigenvalue weighted by Crippen LogP contribution is 2.52. The van der Waals surface area contributed by atoms with Crippen molar-refractivity contribution in [1.29, 1.82) is 0 Å². The summed E-state index contributed by atoms with van der Waals surface area (Å²) < 4.78 is 23.9. The number of aryl methyl sites for hydroxylation is 1. The molecule has 1 aliphatic heterocycles. The molecule has 11 nitrogen and oxygen atoms in total. The van der Waals surface area contributed by atoms with Crippen molar-refractivity contribution in [2.24, 2.45) is 0 Å². The van der Waals surface area contributed by atoms with Crippen molar-refractivity contribution >= 4 is 7.60 Å². The molecule has 1 fully saturated rings. The molecule has 7 atom stereocenters. The van der Waals surface area contributed by atoms with Crippen LogP contribution in [0.3, 0.4) is 0 Å². The van der Waals surface area contributed by atoms with Gasteiger partial charge in [0.05, 0.1) is 11.7 Å². The van der Waals surface area contributed by atoms with Gasteiger partial charge in [-0.05, 0) is 27.2 Å². The Balaban J connectivity index is 2.26. The van der Waals surface area contributed by atoms with E-state index in [1.54, 1.807) is 6.92 Å². The van der Waals surface area contributed by atoms with E-state index in [-0.39, 0.29) is 18.4 Å². The molecule has 0 bridgehead atoms. The second-order valence-corrected chi connectivity index (χ2v) is 9.38. The number of hydrogen-bond donors (Lipinski definition) is 5. The average molecular weight is 422 g/mol. The first kappa shape index (κ1) is 23.0. The summed E-state index contributed by atoms with van der Waals surface area (Å²) in [5, 5.41) is 30.2. The zero-order valence-electron chi connectivity index (χ0n) is 16.1. The number of nitrogens with one attached hydrogen (secondary N) is 1. The molecule has 0 radical (unpaired) electrons. The summed E-state index contributed by atoms with van der Waals surface area (Å²) in [6.07, 6.45) is -3.81. The summed E-state index contributed by atoms with van der Waals surface area (Å²) in [5.74, 6) is -1.60. The lowest BCUT2D eigenvalue weighted by Gasteiger charge is -2.34. The van der Waals surface area contributed by atoms with E-state index < -0.39 is 54.8 Å². The fourth-order valence-corrected chi connectivity index (χ4v) is 3.95. The number of aromatic nitrogens is 2. The minimum Gasteiger partial charge on any atom is -0.388 e. The summed E-state index contributed by atoms with van der Waals surface area (Å²) in [5.41, 5.74) is -2.42. The molecule has 0 spiro atoms. The van der Waals surface area contributed by atoms with E-state index in [4.69, 9.17) is 9.26 Å². The van der Waals surface area contributed by atoms with E-state index in [1.165, 1.54) is 20.0 Å². The Labute approximate surface area is 161 Å². The van der Waals surface area contributed by atoms with Crippen LogP contribution in [-0.2, 0) is 13.8 Å². The van der Waals surface area contributed by atoms with Crippen LogP contribution in [0.15, 0.2) is 15.8 Å². The van der Waals surface area contributed by atoms with Gasteiger partial charge in [-0.25, -0.2) is 4.79 Å². The summed E-state index contributed by atoms with van der Waals surface area (Å²) >= 11 is 0. The highest BCUT2D eigenvalue weighted by atomic mass is 31.2. The zero-order valence-corrected chi connectivity index (χ0v) is 17.0. The van der Waals surface area contributed by atoms with E-state index in [9.17, 15) is 34.4 Å². The number of rotatable bonds is 7. The Bertz CT molecular complexity index is 866. The molecule has 0 aliphatic carbocycles. The molecule has 1 aromatic rings. The van der Waals surface area contributed by atoms with Crippen LogP contribution < -0.4 is 11.2 Å². The van der Waals surface area contributed by atoms with E-state index in [2.05, 4.69) is 4.98 Å². The normalized spacial score (nSPS) is 30.6. The molecule has 2 heterocycles. The molecule has 1 aromatic heterocycles. The molecular formula is C16H27N2O9P. The monoisotopic (exact) mass is 422 g/mol. The summed E-state index contributed by atoms with van der Waals surface area (Å²) in [4.78, 5) is 35.5. The van der Waals surface area contributed by atoms with Crippen LogP contribution >= 0.6 is 7.60 Å². The van der Waals surface area contributed by atoms with Gasteiger partial charge in [-0.1, -0.05) is 6.92 Å². The Kier molecular flexibility index (Phi) is 6.72. The highest BCUT2D eigenvalue weighted by molar-refractivity contribution is 7.53. The summed E-state index contributed by atoms with van der Waals surface area (Å²) in [6.45, 7) is 5.81. The molecule has 28 heavy (non-hydrogen) atoms. The van der Waals surface area contributed by atoms with Crippen LogP contribution in [0, 0.1) is 6.92 Å². The minimum absolute atomic E-state index is 0.0907. The Morgan fingerprint density at radius 3 is 2.54 bits per heavy atom. The van der Waals surface area contributed by atoms with Gasteiger partial charge < -0.3 is 29.5 Å². The maximum atomic E-state index is 12.1. The number of hydrogen-bond acceptors (Lipinski definition) is 8. The van der Waals surface area contributed by atoms with Crippen LogP contribution in [0.25, 0.3) is 0 Å². The largest absolute Gasteiger partial charge is 0.388 e. The quantitative estimate of drug-likeness (QED) is 0.365. The van der Waals surface area contributed by atoms with E-state index in [1.807, 2.05) is 0 Å². The Hall–Kier alpha value is -1.33. The summed E-state index contributed by atoms with van der Waals surface area (Å²) in [6, 6.07) is 0. The molecule has 0 saturated carbocycles. The molecule has 160 valence electrons.